The van der Waals surface area contributed by atoms with Crippen LogP contribution in [0.15, 0.2) is 57.6 Å². The molecule has 172 valence electrons. The van der Waals surface area contributed by atoms with Crippen LogP contribution in [0.5, 0.6) is 0 Å². The molecule has 1 aromatic rings. The van der Waals surface area contributed by atoms with Gasteiger partial charge in [-0.05, 0) is 49.8 Å². The molecule has 4 rings (SSSR count). The molecule has 2 aliphatic heterocycles. The SMILES string of the molecule is CCOC(=O)CCC1=CC(N2CCS(=O)(=O)c3ccccc3C2)=NC2=CCC(CC)CC12. The van der Waals surface area contributed by atoms with Crippen LogP contribution < -0.4 is 0 Å². The second-order valence-corrected chi connectivity index (χ2v) is 10.8. The number of amidine groups is 1. The number of carbonyl (C=O) groups excluding carboxylic acids is 1. The second-order valence-electron chi connectivity index (χ2n) is 8.77. The number of aliphatic imine (C=N–C) groups is 1. The van der Waals surface area contributed by atoms with E-state index in [9.17, 15) is 13.2 Å². The van der Waals surface area contributed by atoms with E-state index in [0.29, 0.717) is 43.4 Å². The Hall–Kier alpha value is -2.41. The summed E-state index contributed by atoms with van der Waals surface area (Å²) >= 11 is 0. The number of dihydropyridines is 1. The average Bonchev–Trinajstić information content (AvgIpc) is 2.93. The summed E-state index contributed by atoms with van der Waals surface area (Å²) in [6, 6.07) is 7.24. The first-order valence-electron chi connectivity index (χ1n) is 11.6. The molecule has 1 aliphatic carbocycles. The number of ether oxygens (including phenoxy) is 1. The standard InChI is InChI=1S/C25H32N2O4S/c1-3-18-9-11-22-21(15-18)19(10-12-25(28)31-4-2)16-24(26-22)27-13-14-32(29,30)23-8-6-5-7-20(23)17-27/h5-8,11,16,18,21H,3-4,9-10,12-15,17H2,1-2H3. The Morgan fingerprint density at radius 3 is 2.84 bits per heavy atom. The van der Waals surface area contributed by atoms with E-state index in [1.807, 2.05) is 19.1 Å². The van der Waals surface area contributed by atoms with Crippen LogP contribution in [-0.4, -0.2) is 44.0 Å². The van der Waals surface area contributed by atoms with Gasteiger partial charge in [-0.25, -0.2) is 13.4 Å². The Morgan fingerprint density at radius 1 is 1.25 bits per heavy atom. The van der Waals surface area contributed by atoms with Gasteiger partial charge in [-0.2, -0.15) is 0 Å². The van der Waals surface area contributed by atoms with Crippen molar-refractivity contribution in [1.29, 1.82) is 0 Å². The molecule has 2 atom stereocenters. The van der Waals surface area contributed by atoms with Gasteiger partial charge < -0.3 is 9.64 Å². The third-order valence-corrected chi connectivity index (χ3v) is 8.50. The summed E-state index contributed by atoms with van der Waals surface area (Å²) in [6.07, 6.45) is 8.51. The number of nitrogens with zero attached hydrogens (tertiary/aromatic N) is 2. The summed E-state index contributed by atoms with van der Waals surface area (Å²) in [7, 11) is -3.32. The van der Waals surface area contributed by atoms with E-state index >= 15 is 0 Å². The first-order chi connectivity index (χ1) is 15.4. The van der Waals surface area contributed by atoms with E-state index < -0.39 is 9.84 Å². The van der Waals surface area contributed by atoms with Crippen LogP contribution in [0.3, 0.4) is 0 Å². The Bertz CT molecular complexity index is 1070. The largest absolute Gasteiger partial charge is 0.466 e. The fourth-order valence-corrected chi connectivity index (χ4v) is 6.35. The topological polar surface area (TPSA) is 76.0 Å². The van der Waals surface area contributed by atoms with E-state index in [1.54, 1.807) is 12.1 Å². The lowest BCUT2D eigenvalue weighted by Gasteiger charge is -2.35. The van der Waals surface area contributed by atoms with Crippen molar-refractivity contribution in [1.82, 2.24) is 4.90 Å². The fraction of sp³-hybridized carbons (Fsp3) is 0.520. The number of rotatable bonds is 5. The molecule has 32 heavy (non-hydrogen) atoms. The monoisotopic (exact) mass is 456 g/mol. The highest BCUT2D eigenvalue weighted by Gasteiger charge is 2.32. The van der Waals surface area contributed by atoms with Gasteiger partial charge in [0.1, 0.15) is 5.84 Å². The van der Waals surface area contributed by atoms with Gasteiger partial charge in [0.2, 0.25) is 0 Å². The molecular formula is C25H32N2O4S. The van der Waals surface area contributed by atoms with E-state index in [0.717, 1.165) is 36.4 Å². The van der Waals surface area contributed by atoms with Crippen molar-refractivity contribution in [2.45, 2.75) is 57.4 Å². The highest BCUT2D eigenvalue weighted by Crippen LogP contribution is 2.40. The molecule has 0 N–H and O–H groups in total. The van der Waals surface area contributed by atoms with Crippen LogP contribution in [0.25, 0.3) is 0 Å². The van der Waals surface area contributed by atoms with Crippen molar-refractivity contribution >= 4 is 21.6 Å². The van der Waals surface area contributed by atoms with Crippen LogP contribution in [-0.2, 0) is 25.9 Å². The highest BCUT2D eigenvalue weighted by molar-refractivity contribution is 7.91. The molecule has 0 amide bonds. The molecule has 0 spiro atoms. The predicted octanol–water partition coefficient (Wildman–Crippen LogP) is 4.28. The number of sulfone groups is 1. The van der Waals surface area contributed by atoms with E-state index in [2.05, 4.69) is 24.0 Å². The van der Waals surface area contributed by atoms with Crippen molar-refractivity contribution in [2.75, 3.05) is 18.9 Å². The van der Waals surface area contributed by atoms with Crippen LogP contribution in [0.4, 0.5) is 0 Å². The smallest absolute Gasteiger partial charge is 0.306 e. The first-order valence-corrected chi connectivity index (χ1v) is 13.3. The molecule has 3 aliphatic rings. The van der Waals surface area contributed by atoms with Crippen molar-refractivity contribution < 1.29 is 17.9 Å². The van der Waals surface area contributed by atoms with Crippen molar-refractivity contribution in [2.24, 2.45) is 16.8 Å². The normalized spacial score (nSPS) is 24.3. The Kier molecular flexibility index (Phi) is 6.84. The summed E-state index contributed by atoms with van der Waals surface area (Å²) < 4.78 is 30.7. The summed E-state index contributed by atoms with van der Waals surface area (Å²) in [5, 5.41) is 0. The Morgan fingerprint density at radius 2 is 2.06 bits per heavy atom. The number of allylic oxidation sites excluding steroid dienone is 2. The number of benzene rings is 1. The second kappa shape index (κ2) is 9.61. The van der Waals surface area contributed by atoms with Gasteiger partial charge in [-0.1, -0.05) is 43.2 Å². The molecule has 0 radical (unpaired) electrons. The zero-order valence-corrected chi connectivity index (χ0v) is 19.7. The number of esters is 1. The molecular weight excluding hydrogens is 424 g/mol. The number of fused-ring (bicyclic) bond motifs is 2. The average molecular weight is 457 g/mol. The van der Waals surface area contributed by atoms with Gasteiger partial charge in [0.25, 0.3) is 0 Å². The molecule has 0 fully saturated rings. The van der Waals surface area contributed by atoms with Crippen LogP contribution >= 0.6 is 0 Å². The lowest BCUT2D eigenvalue weighted by Crippen LogP contribution is -2.34. The van der Waals surface area contributed by atoms with Crippen molar-refractivity contribution in [3.8, 4) is 0 Å². The van der Waals surface area contributed by atoms with Crippen LogP contribution in [0.2, 0.25) is 0 Å². The molecule has 2 heterocycles. The van der Waals surface area contributed by atoms with E-state index in [-0.39, 0.29) is 17.6 Å². The molecule has 0 saturated carbocycles. The fourth-order valence-electron chi connectivity index (χ4n) is 4.86. The van der Waals surface area contributed by atoms with Crippen molar-refractivity contribution in [3.05, 3.63) is 53.3 Å². The van der Waals surface area contributed by atoms with Gasteiger partial charge in [0, 0.05) is 31.1 Å². The zero-order valence-electron chi connectivity index (χ0n) is 18.9. The minimum atomic E-state index is -3.32. The molecule has 2 unspecified atom stereocenters. The lowest BCUT2D eigenvalue weighted by molar-refractivity contribution is -0.143. The molecule has 1 aromatic carbocycles. The number of carbonyl (C=O) groups is 1. The minimum absolute atomic E-state index is 0.0649. The molecule has 0 saturated heterocycles. The quantitative estimate of drug-likeness (QED) is 0.618. The predicted molar refractivity (Wildman–Crippen MR) is 125 cm³/mol. The van der Waals surface area contributed by atoms with Crippen LogP contribution in [0, 0.1) is 11.8 Å². The Balaban J connectivity index is 1.64. The van der Waals surface area contributed by atoms with E-state index in [1.165, 1.54) is 5.57 Å². The van der Waals surface area contributed by atoms with Gasteiger partial charge in [-0.15, -0.1) is 0 Å². The summed E-state index contributed by atoms with van der Waals surface area (Å²) in [5.74, 6) is 1.54. The van der Waals surface area contributed by atoms with Crippen molar-refractivity contribution in [3.63, 3.8) is 0 Å². The minimum Gasteiger partial charge on any atom is -0.466 e. The summed E-state index contributed by atoms with van der Waals surface area (Å²) in [6.45, 7) is 5.33. The van der Waals surface area contributed by atoms with Gasteiger partial charge >= 0.3 is 5.97 Å². The Labute approximate surface area is 191 Å². The highest BCUT2D eigenvalue weighted by atomic mass is 32.2. The molecule has 0 bridgehead atoms. The lowest BCUT2D eigenvalue weighted by atomic mass is 9.76. The maximum Gasteiger partial charge on any atom is 0.306 e. The maximum atomic E-state index is 12.8. The first kappa shape index (κ1) is 22.8. The molecule has 7 heteroatoms. The zero-order chi connectivity index (χ0) is 22.7. The summed E-state index contributed by atoms with van der Waals surface area (Å²) in [4.78, 5) is 19.5. The van der Waals surface area contributed by atoms with E-state index in [4.69, 9.17) is 9.73 Å². The number of hydrogen-bond donors (Lipinski definition) is 0. The maximum absolute atomic E-state index is 12.8. The third kappa shape index (κ3) is 4.82. The van der Waals surface area contributed by atoms with Gasteiger partial charge in [0.05, 0.1) is 17.3 Å². The van der Waals surface area contributed by atoms with Gasteiger partial charge in [-0.3, -0.25) is 4.79 Å². The van der Waals surface area contributed by atoms with Crippen LogP contribution in [0.1, 0.15) is 51.5 Å². The summed E-state index contributed by atoms with van der Waals surface area (Å²) in [5.41, 5.74) is 3.07. The van der Waals surface area contributed by atoms with Gasteiger partial charge in [0.15, 0.2) is 9.84 Å². The molecule has 0 aromatic heterocycles. The number of hydrogen-bond acceptors (Lipinski definition) is 6. The molecule has 6 nitrogen and oxygen atoms in total. The third-order valence-electron chi connectivity index (χ3n) is 6.72.